The van der Waals surface area contributed by atoms with Crippen LogP contribution < -0.4 is 0 Å². The molecule has 4 rings (SSSR count). The highest BCUT2D eigenvalue weighted by atomic mass is 32.2. The lowest BCUT2D eigenvalue weighted by Gasteiger charge is -2.24. The van der Waals surface area contributed by atoms with Gasteiger partial charge in [0.15, 0.2) is 5.76 Å². The fourth-order valence-electron chi connectivity index (χ4n) is 4.35. The van der Waals surface area contributed by atoms with Crippen molar-refractivity contribution in [1.29, 1.82) is 0 Å². The van der Waals surface area contributed by atoms with E-state index in [0.29, 0.717) is 18.0 Å². The summed E-state index contributed by atoms with van der Waals surface area (Å²) in [6.07, 6.45) is 2.35. The molecule has 1 fully saturated rings. The molecule has 3 aromatic rings. The van der Waals surface area contributed by atoms with Crippen LogP contribution in [0.5, 0.6) is 0 Å². The third-order valence-electron chi connectivity index (χ3n) is 5.77. The Hall–Kier alpha value is -2.51. The number of hydrogen-bond acceptors (Lipinski definition) is 5. The van der Waals surface area contributed by atoms with Gasteiger partial charge in [-0.05, 0) is 75.8 Å². The van der Waals surface area contributed by atoms with Crippen LogP contribution in [0.1, 0.15) is 58.4 Å². The average molecular weight is 426 g/mol. The van der Waals surface area contributed by atoms with Crippen LogP contribution in [0.15, 0.2) is 45.8 Å². The molecule has 0 bridgehead atoms. The molecule has 0 amide bonds. The number of hydrogen-bond donors (Lipinski definition) is 0. The van der Waals surface area contributed by atoms with Crippen molar-refractivity contribution < 1.29 is 12.9 Å². The third kappa shape index (κ3) is 3.79. The van der Waals surface area contributed by atoms with Gasteiger partial charge in [-0.25, -0.2) is 8.42 Å². The van der Waals surface area contributed by atoms with E-state index in [4.69, 9.17) is 9.51 Å². The molecule has 0 saturated carbocycles. The van der Waals surface area contributed by atoms with Gasteiger partial charge in [-0.15, -0.1) is 0 Å². The van der Waals surface area contributed by atoms with Crippen molar-refractivity contribution in [2.75, 3.05) is 6.54 Å². The predicted molar refractivity (Wildman–Crippen MR) is 115 cm³/mol. The van der Waals surface area contributed by atoms with Crippen LogP contribution in [0.25, 0.3) is 0 Å². The maximum absolute atomic E-state index is 13.4. The van der Waals surface area contributed by atoms with Gasteiger partial charge in [-0.2, -0.15) is 4.31 Å². The van der Waals surface area contributed by atoms with Crippen LogP contribution in [0, 0.1) is 27.7 Å². The molecule has 30 heavy (non-hydrogen) atoms. The number of aromatic nitrogens is 2. The first-order valence-corrected chi connectivity index (χ1v) is 11.7. The van der Waals surface area contributed by atoms with Gasteiger partial charge in [-0.3, -0.25) is 4.98 Å². The second kappa shape index (κ2) is 7.96. The number of sulfonamides is 1. The van der Waals surface area contributed by atoms with E-state index in [0.717, 1.165) is 36.2 Å². The third-order valence-corrected chi connectivity index (χ3v) is 7.92. The zero-order valence-electron chi connectivity index (χ0n) is 17.8. The topological polar surface area (TPSA) is 76.3 Å². The van der Waals surface area contributed by atoms with Crippen LogP contribution >= 0.6 is 0 Å². The maximum Gasteiger partial charge on any atom is 0.249 e. The fourth-order valence-corrected chi connectivity index (χ4v) is 6.32. The van der Waals surface area contributed by atoms with E-state index in [1.54, 1.807) is 18.2 Å². The molecule has 1 atom stereocenters. The maximum atomic E-state index is 13.4. The van der Waals surface area contributed by atoms with Crippen molar-refractivity contribution >= 4 is 10.0 Å². The molecule has 3 heterocycles. The Morgan fingerprint density at radius 2 is 1.90 bits per heavy atom. The number of nitrogens with zero attached hydrogens (tertiary/aromatic N) is 3. The van der Waals surface area contributed by atoms with Gasteiger partial charge < -0.3 is 4.52 Å². The summed E-state index contributed by atoms with van der Waals surface area (Å²) in [5.74, 6) is 0.329. The molecule has 6 nitrogen and oxygen atoms in total. The van der Waals surface area contributed by atoms with Gasteiger partial charge in [-0.1, -0.05) is 29.4 Å². The minimum absolute atomic E-state index is 0.183. The van der Waals surface area contributed by atoms with E-state index < -0.39 is 10.0 Å². The Morgan fingerprint density at radius 1 is 1.13 bits per heavy atom. The summed E-state index contributed by atoms with van der Waals surface area (Å²) in [6.45, 7) is 7.86. The van der Waals surface area contributed by atoms with E-state index in [9.17, 15) is 8.42 Å². The first-order valence-electron chi connectivity index (χ1n) is 10.2. The standard InChI is InChI=1S/C23H27N3O3S/c1-15-8-5-6-9-20(15)13-19-12-16(2)24-21(14-19)22-10-7-11-26(22)30(27,28)23-17(3)25-29-18(23)4/h5-6,8-9,12,14,22H,7,10-11,13H2,1-4H3. The second-order valence-corrected chi connectivity index (χ2v) is 9.90. The highest BCUT2D eigenvalue weighted by Gasteiger charge is 2.40. The minimum Gasteiger partial charge on any atom is -0.360 e. The number of pyridine rings is 1. The van der Waals surface area contributed by atoms with Gasteiger partial charge in [0.2, 0.25) is 10.0 Å². The first-order chi connectivity index (χ1) is 14.3. The molecule has 1 unspecified atom stereocenters. The lowest BCUT2D eigenvalue weighted by molar-refractivity contribution is 0.381. The Kier molecular flexibility index (Phi) is 5.51. The largest absolute Gasteiger partial charge is 0.360 e. The summed E-state index contributed by atoms with van der Waals surface area (Å²) < 4.78 is 33.5. The zero-order valence-corrected chi connectivity index (χ0v) is 18.7. The molecule has 1 aliphatic heterocycles. The monoisotopic (exact) mass is 425 g/mol. The highest BCUT2D eigenvalue weighted by Crippen LogP contribution is 2.37. The molecule has 1 aromatic carbocycles. The number of benzene rings is 1. The molecule has 0 radical (unpaired) electrons. The molecular formula is C23H27N3O3S. The van der Waals surface area contributed by atoms with Crippen molar-refractivity contribution in [2.24, 2.45) is 0 Å². The minimum atomic E-state index is -3.71. The molecule has 1 saturated heterocycles. The Balaban J connectivity index is 1.70. The van der Waals surface area contributed by atoms with Gasteiger partial charge in [0, 0.05) is 12.2 Å². The lowest BCUT2D eigenvalue weighted by Crippen LogP contribution is -2.32. The van der Waals surface area contributed by atoms with Crippen molar-refractivity contribution in [3.63, 3.8) is 0 Å². The van der Waals surface area contributed by atoms with E-state index in [1.165, 1.54) is 11.1 Å². The Morgan fingerprint density at radius 3 is 2.60 bits per heavy atom. The predicted octanol–water partition coefficient (Wildman–Crippen LogP) is 4.42. The quantitative estimate of drug-likeness (QED) is 0.605. The van der Waals surface area contributed by atoms with E-state index in [-0.39, 0.29) is 10.9 Å². The molecule has 0 spiro atoms. The van der Waals surface area contributed by atoms with Gasteiger partial charge in [0.1, 0.15) is 10.6 Å². The fraction of sp³-hybridized carbons (Fsp3) is 0.391. The summed E-state index contributed by atoms with van der Waals surface area (Å²) in [4.78, 5) is 4.91. The van der Waals surface area contributed by atoms with E-state index in [2.05, 4.69) is 36.3 Å². The smallest absolute Gasteiger partial charge is 0.249 e. The molecule has 7 heteroatoms. The Bertz CT molecular complexity index is 1160. The van der Waals surface area contributed by atoms with E-state index in [1.807, 2.05) is 19.1 Å². The Labute approximate surface area is 178 Å². The van der Waals surface area contributed by atoms with Crippen LogP contribution in [0.3, 0.4) is 0 Å². The van der Waals surface area contributed by atoms with Crippen LogP contribution in [0.2, 0.25) is 0 Å². The average Bonchev–Trinajstić information content (AvgIpc) is 3.31. The van der Waals surface area contributed by atoms with Crippen molar-refractivity contribution in [3.8, 4) is 0 Å². The van der Waals surface area contributed by atoms with Crippen LogP contribution in [-0.4, -0.2) is 29.4 Å². The molecule has 2 aromatic heterocycles. The molecule has 0 aliphatic carbocycles. The molecular weight excluding hydrogens is 398 g/mol. The van der Waals surface area contributed by atoms with Gasteiger partial charge >= 0.3 is 0 Å². The van der Waals surface area contributed by atoms with Crippen molar-refractivity contribution in [3.05, 3.63) is 75.9 Å². The number of rotatable bonds is 5. The van der Waals surface area contributed by atoms with E-state index >= 15 is 0 Å². The van der Waals surface area contributed by atoms with Gasteiger partial charge in [0.05, 0.1) is 11.7 Å². The summed E-state index contributed by atoms with van der Waals surface area (Å²) in [6, 6.07) is 12.2. The first kappa shape index (κ1) is 20.8. The molecule has 1 aliphatic rings. The van der Waals surface area contributed by atoms with Crippen molar-refractivity contribution in [2.45, 2.75) is 57.9 Å². The normalized spacial score (nSPS) is 17.5. The highest BCUT2D eigenvalue weighted by molar-refractivity contribution is 7.89. The summed E-state index contributed by atoms with van der Waals surface area (Å²) >= 11 is 0. The van der Waals surface area contributed by atoms with Crippen LogP contribution in [0.4, 0.5) is 0 Å². The molecule has 0 N–H and O–H groups in total. The molecule has 158 valence electrons. The second-order valence-electron chi connectivity index (χ2n) is 8.07. The SMILES string of the molecule is Cc1cc(Cc2ccccc2C)cc(C2CCCN2S(=O)(=O)c2c(C)noc2C)n1. The van der Waals surface area contributed by atoms with Crippen LogP contribution in [-0.2, 0) is 16.4 Å². The summed E-state index contributed by atoms with van der Waals surface area (Å²) in [5, 5.41) is 3.84. The zero-order chi connectivity index (χ0) is 21.5. The lowest BCUT2D eigenvalue weighted by atomic mass is 9.99. The number of aryl methyl sites for hydroxylation is 4. The van der Waals surface area contributed by atoms with Gasteiger partial charge in [0.25, 0.3) is 0 Å². The van der Waals surface area contributed by atoms with Crippen molar-refractivity contribution in [1.82, 2.24) is 14.4 Å². The summed E-state index contributed by atoms with van der Waals surface area (Å²) in [5.41, 5.74) is 5.77. The summed E-state index contributed by atoms with van der Waals surface area (Å²) in [7, 11) is -3.71.